The summed E-state index contributed by atoms with van der Waals surface area (Å²) in [4.78, 5) is 23.1. The highest BCUT2D eigenvalue weighted by Crippen LogP contribution is 2.11. The lowest BCUT2D eigenvalue weighted by Gasteiger charge is -2.10. The van der Waals surface area contributed by atoms with Crippen LogP contribution >= 0.6 is 0 Å². The molecule has 2 N–H and O–H groups in total. The predicted octanol–water partition coefficient (Wildman–Crippen LogP) is 2.56. The quantitative estimate of drug-likeness (QED) is 0.633. The van der Waals surface area contributed by atoms with Gasteiger partial charge in [-0.3, -0.25) is 0 Å². The van der Waals surface area contributed by atoms with Gasteiger partial charge in [0.15, 0.2) is 0 Å². The third-order valence-corrected chi connectivity index (χ3v) is 2.11. The summed E-state index contributed by atoms with van der Waals surface area (Å²) in [6.45, 7) is 7.35. The number of benzene rings is 1. The Labute approximate surface area is 112 Å². The van der Waals surface area contributed by atoms with Gasteiger partial charge in [-0.25, -0.2) is 9.59 Å². The summed E-state index contributed by atoms with van der Waals surface area (Å²) in [6.07, 6.45) is 1.50. The minimum Gasteiger partial charge on any atom is -0.458 e. The van der Waals surface area contributed by atoms with Crippen molar-refractivity contribution in [2.45, 2.75) is 19.9 Å². The van der Waals surface area contributed by atoms with Crippen LogP contribution in [0.2, 0.25) is 0 Å². The number of amides is 2. The molecular weight excluding hydrogens is 244 g/mol. The van der Waals surface area contributed by atoms with Crippen LogP contribution in [-0.4, -0.2) is 24.6 Å². The van der Waals surface area contributed by atoms with Crippen LogP contribution in [-0.2, 0) is 4.74 Å². The molecular formula is C14H18N2O3. The molecule has 0 heterocycles. The average molecular weight is 262 g/mol. The van der Waals surface area contributed by atoms with Gasteiger partial charge in [-0.2, -0.15) is 0 Å². The van der Waals surface area contributed by atoms with Gasteiger partial charge < -0.3 is 15.4 Å². The highest BCUT2D eigenvalue weighted by atomic mass is 16.5. The summed E-state index contributed by atoms with van der Waals surface area (Å²) in [5.41, 5.74) is 0.912. The fraction of sp³-hybridized carbons (Fsp3) is 0.286. The van der Waals surface area contributed by atoms with E-state index in [1.54, 1.807) is 24.3 Å². The number of nitrogens with one attached hydrogen (secondary N) is 2. The lowest BCUT2D eigenvalue weighted by atomic mass is 10.2. The summed E-state index contributed by atoms with van der Waals surface area (Å²) >= 11 is 0. The molecule has 0 atom stereocenters. The molecule has 102 valence electrons. The Bertz CT molecular complexity index is 470. The molecule has 0 radical (unpaired) electrons. The van der Waals surface area contributed by atoms with E-state index in [0.29, 0.717) is 11.3 Å². The van der Waals surface area contributed by atoms with Crippen LogP contribution in [0.1, 0.15) is 24.2 Å². The van der Waals surface area contributed by atoms with Crippen LogP contribution in [0.15, 0.2) is 36.9 Å². The van der Waals surface area contributed by atoms with Gasteiger partial charge in [-0.15, -0.1) is 0 Å². The topological polar surface area (TPSA) is 67.4 Å². The third kappa shape index (κ3) is 5.25. The van der Waals surface area contributed by atoms with Crippen molar-refractivity contribution in [3.05, 3.63) is 42.5 Å². The summed E-state index contributed by atoms with van der Waals surface area (Å²) < 4.78 is 4.92. The molecule has 2 amide bonds. The van der Waals surface area contributed by atoms with Crippen LogP contribution in [0.4, 0.5) is 10.5 Å². The van der Waals surface area contributed by atoms with E-state index >= 15 is 0 Å². The SMILES string of the molecule is C=CCOC(=O)c1cccc(NC(=O)NC(C)C)c1. The Morgan fingerprint density at radius 3 is 2.79 bits per heavy atom. The van der Waals surface area contributed by atoms with Gasteiger partial charge in [-0.05, 0) is 32.0 Å². The molecule has 0 aromatic heterocycles. The standard InChI is InChI=1S/C14H18N2O3/c1-4-8-19-13(17)11-6-5-7-12(9-11)16-14(18)15-10(2)3/h4-7,9-10H,1,8H2,2-3H3,(H2,15,16,18). The zero-order chi connectivity index (χ0) is 14.3. The van der Waals surface area contributed by atoms with E-state index in [9.17, 15) is 9.59 Å². The normalized spacial score (nSPS) is 9.84. The summed E-state index contributed by atoms with van der Waals surface area (Å²) in [6, 6.07) is 6.29. The molecule has 5 heteroatoms. The number of urea groups is 1. The maximum Gasteiger partial charge on any atom is 0.338 e. The van der Waals surface area contributed by atoms with E-state index in [2.05, 4.69) is 17.2 Å². The number of anilines is 1. The third-order valence-electron chi connectivity index (χ3n) is 2.11. The Kier molecular flexibility index (Phi) is 5.60. The first kappa shape index (κ1) is 14.8. The highest BCUT2D eigenvalue weighted by molar-refractivity contribution is 5.94. The van der Waals surface area contributed by atoms with Crippen molar-refractivity contribution in [3.63, 3.8) is 0 Å². The molecule has 0 saturated heterocycles. The van der Waals surface area contributed by atoms with Crippen molar-refractivity contribution in [1.82, 2.24) is 5.32 Å². The van der Waals surface area contributed by atoms with Gasteiger partial charge in [0.05, 0.1) is 5.56 Å². The molecule has 0 unspecified atom stereocenters. The van der Waals surface area contributed by atoms with Crippen molar-refractivity contribution in [1.29, 1.82) is 0 Å². The van der Waals surface area contributed by atoms with Crippen molar-refractivity contribution >= 4 is 17.7 Å². The molecule has 0 saturated carbocycles. The van der Waals surface area contributed by atoms with E-state index in [-0.39, 0.29) is 18.7 Å². The zero-order valence-corrected chi connectivity index (χ0v) is 11.1. The van der Waals surface area contributed by atoms with Gasteiger partial charge in [-0.1, -0.05) is 18.7 Å². The molecule has 0 bridgehead atoms. The van der Waals surface area contributed by atoms with Gasteiger partial charge in [0.2, 0.25) is 0 Å². The fourth-order valence-electron chi connectivity index (χ4n) is 1.37. The Balaban J connectivity index is 2.68. The second-order valence-corrected chi connectivity index (χ2v) is 4.22. The number of esters is 1. The van der Waals surface area contributed by atoms with Crippen LogP contribution in [0, 0.1) is 0 Å². The van der Waals surface area contributed by atoms with Gasteiger partial charge in [0.25, 0.3) is 0 Å². The largest absolute Gasteiger partial charge is 0.458 e. The summed E-state index contributed by atoms with van der Waals surface area (Å²) in [5.74, 6) is -0.451. The van der Waals surface area contributed by atoms with E-state index in [4.69, 9.17) is 4.74 Å². The van der Waals surface area contributed by atoms with E-state index in [1.165, 1.54) is 6.08 Å². The molecule has 0 aliphatic rings. The Morgan fingerprint density at radius 2 is 2.16 bits per heavy atom. The van der Waals surface area contributed by atoms with E-state index < -0.39 is 5.97 Å². The molecule has 1 aromatic carbocycles. The Hall–Kier alpha value is -2.30. The molecule has 1 rings (SSSR count). The van der Waals surface area contributed by atoms with Crippen molar-refractivity contribution in [2.75, 3.05) is 11.9 Å². The van der Waals surface area contributed by atoms with E-state index in [1.807, 2.05) is 13.8 Å². The van der Waals surface area contributed by atoms with Gasteiger partial charge in [0.1, 0.15) is 6.61 Å². The average Bonchev–Trinajstić information content (AvgIpc) is 2.35. The maximum absolute atomic E-state index is 11.6. The number of hydrogen-bond acceptors (Lipinski definition) is 3. The summed E-state index contributed by atoms with van der Waals surface area (Å²) in [5, 5.41) is 5.34. The van der Waals surface area contributed by atoms with Crippen LogP contribution < -0.4 is 10.6 Å². The predicted molar refractivity (Wildman–Crippen MR) is 74.2 cm³/mol. The van der Waals surface area contributed by atoms with E-state index in [0.717, 1.165) is 0 Å². The molecule has 5 nitrogen and oxygen atoms in total. The number of carbonyl (C=O) groups is 2. The molecule has 0 fully saturated rings. The van der Waals surface area contributed by atoms with Crippen molar-refractivity contribution in [3.8, 4) is 0 Å². The lowest BCUT2D eigenvalue weighted by Crippen LogP contribution is -2.34. The first-order valence-corrected chi connectivity index (χ1v) is 5.98. The molecule has 0 aliphatic heterocycles. The second-order valence-electron chi connectivity index (χ2n) is 4.22. The highest BCUT2D eigenvalue weighted by Gasteiger charge is 2.08. The maximum atomic E-state index is 11.6. The van der Waals surface area contributed by atoms with Crippen LogP contribution in [0.5, 0.6) is 0 Å². The number of ether oxygens (including phenoxy) is 1. The van der Waals surface area contributed by atoms with Crippen molar-refractivity contribution in [2.24, 2.45) is 0 Å². The lowest BCUT2D eigenvalue weighted by molar-refractivity contribution is 0.0549. The first-order chi connectivity index (χ1) is 9.02. The van der Waals surface area contributed by atoms with Crippen LogP contribution in [0.25, 0.3) is 0 Å². The Morgan fingerprint density at radius 1 is 1.42 bits per heavy atom. The van der Waals surface area contributed by atoms with Crippen LogP contribution in [0.3, 0.4) is 0 Å². The monoisotopic (exact) mass is 262 g/mol. The number of hydrogen-bond donors (Lipinski definition) is 2. The molecule has 1 aromatic rings. The molecule has 19 heavy (non-hydrogen) atoms. The molecule has 0 spiro atoms. The fourth-order valence-corrected chi connectivity index (χ4v) is 1.37. The summed E-state index contributed by atoms with van der Waals surface area (Å²) in [7, 11) is 0. The molecule has 0 aliphatic carbocycles. The second kappa shape index (κ2) is 7.20. The van der Waals surface area contributed by atoms with Gasteiger partial charge in [0, 0.05) is 11.7 Å². The zero-order valence-electron chi connectivity index (χ0n) is 11.1. The minimum absolute atomic E-state index is 0.0424. The minimum atomic E-state index is -0.451. The number of rotatable bonds is 5. The first-order valence-electron chi connectivity index (χ1n) is 5.98. The van der Waals surface area contributed by atoms with Gasteiger partial charge >= 0.3 is 12.0 Å². The number of carbonyl (C=O) groups excluding carboxylic acids is 2. The van der Waals surface area contributed by atoms with Crippen molar-refractivity contribution < 1.29 is 14.3 Å². The smallest absolute Gasteiger partial charge is 0.338 e.